The van der Waals surface area contributed by atoms with Gasteiger partial charge in [-0.05, 0) is 80.4 Å². The molecular formula is C30H47FO. The lowest BCUT2D eigenvalue weighted by atomic mass is 9.76. The molecule has 2 aliphatic carbocycles. The van der Waals surface area contributed by atoms with Crippen LogP contribution < -0.4 is 4.74 Å². The van der Waals surface area contributed by atoms with E-state index in [2.05, 4.69) is 13.0 Å². The molecule has 2 heteroatoms. The molecule has 1 aromatic rings. The number of ether oxygens (including phenoxy) is 1. The fraction of sp³-hybridized carbons (Fsp3) is 0.733. The third-order valence-electron chi connectivity index (χ3n) is 7.97. The first-order valence-corrected chi connectivity index (χ1v) is 13.8. The number of unbranched alkanes of at least 4 members (excludes halogenated alkanes) is 2. The van der Waals surface area contributed by atoms with E-state index in [0.29, 0.717) is 12.4 Å². The summed E-state index contributed by atoms with van der Waals surface area (Å²) in [6.07, 6.45) is 23.9. The van der Waals surface area contributed by atoms with Gasteiger partial charge < -0.3 is 4.74 Å². The number of halogens is 1. The molecule has 1 nitrogen and oxygen atoms in total. The normalized spacial score (nSPS) is 23.7. The van der Waals surface area contributed by atoms with Crippen LogP contribution in [0, 0.1) is 23.6 Å². The van der Waals surface area contributed by atoms with Crippen LogP contribution in [0.15, 0.2) is 29.8 Å². The van der Waals surface area contributed by atoms with Crippen LogP contribution in [0.1, 0.15) is 116 Å². The summed E-state index contributed by atoms with van der Waals surface area (Å²) in [6, 6.07) is 5.48. The van der Waals surface area contributed by atoms with E-state index < -0.39 is 0 Å². The summed E-state index contributed by atoms with van der Waals surface area (Å²) >= 11 is 0. The average molecular weight is 443 g/mol. The van der Waals surface area contributed by atoms with E-state index in [9.17, 15) is 4.39 Å². The molecule has 3 rings (SSSR count). The molecule has 0 saturated heterocycles. The minimum Gasteiger partial charge on any atom is -0.491 e. The minimum absolute atomic E-state index is 0.219. The molecule has 0 heterocycles. The Balaban J connectivity index is 1.31. The summed E-state index contributed by atoms with van der Waals surface area (Å²) in [5.41, 5.74) is 2.67. The Kier molecular flexibility index (Phi) is 11.1. The van der Waals surface area contributed by atoms with Crippen LogP contribution in [-0.4, -0.2) is 6.61 Å². The number of benzene rings is 1. The average Bonchev–Trinajstić information content (AvgIpc) is 2.82. The molecule has 1 atom stereocenters. The Morgan fingerprint density at radius 3 is 2.25 bits per heavy atom. The van der Waals surface area contributed by atoms with Gasteiger partial charge in [-0.15, -0.1) is 0 Å². The summed E-state index contributed by atoms with van der Waals surface area (Å²) < 4.78 is 19.6. The summed E-state index contributed by atoms with van der Waals surface area (Å²) in [5, 5.41) is 0. The third-order valence-corrected chi connectivity index (χ3v) is 7.97. The van der Waals surface area contributed by atoms with Crippen LogP contribution in [-0.2, 0) is 6.42 Å². The van der Waals surface area contributed by atoms with Crippen molar-refractivity contribution < 1.29 is 9.13 Å². The van der Waals surface area contributed by atoms with Gasteiger partial charge in [0.1, 0.15) is 0 Å². The smallest absolute Gasteiger partial charge is 0.165 e. The maximum atomic E-state index is 14.2. The lowest BCUT2D eigenvalue weighted by Crippen LogP contribution is -2.16. The van der Waals surface area contributed by atoms with Gasteiger partial charge >= 0.3 is 0 Å². The first-order chi connectivity index (χ1) is 15.7. The molecule has 0 aromatic heterocycles. The van der Waals surface area contributed by atoms with Crippen LogP contribution in [0.4, 0.5) is 4.39 Å². The van der Waals surface area contributed by atoms with Crippen LogP contribution in [0.25, 0.3) is 0 Å². The Morgan fingerprint density at radius 2 is 1.59 bits per heavy atom. The molecule has 0 N–H and O–H groups in total. The molecule has 2 aliphatic rings. The van der Waals surface area contributed by atoms with Crippen molar-refractivity contribution in [3.05, 3.63) is 41.2 Å². The van der Waals surface area contributed by atoms with Gasteiger partial charge in [0.2, 0.25) is 0 Å². The molecule has 32 heavy (non-hydrogen) atoms. The van der Waals surface area contributed by atoms with Crippen LogP contribution in [0.2, 0.25) is 0 Å². The number of hydrogen-bond donors (Lipinski definition) is 0. The predicted octanol–water partition coefficient (Wildman–Crippen LogP) is 9.44. The monoisotopic (exact) mass is 442 g/mol. The van der Waals surface area contributed by atoms with Gasteiger partial charge in [0, 0.05) is 0 Å². The molecule has 1 saturated carbocycles. The molecule has 1 fully saturated rings. The number of rotatable bonds is 13. The van der Waals surface area contributed by atoms with E-state index >= 15 is 0 Å². The highest BCUT2D eigenvalue weighted by Gasteiger charge is 2.22. The molecule has 1 unspecified atom stereocenters. The van der Waals surface area contributed by atoms with Crippen molar-refractivity contribution in [3.63, 3.8) is 0 Å². The maximum Gasteiger partial charge on any atom is 0.165 e. The summed E-state index contributed by atoms with van der Waals surface area (Å²) in [7, 11) is 0. The number of hydrogen-bond acceptors (Lipinski definition) is 1. The second-order valence-electron chi connectivity index (χ2n) is 10.6. The van der Waals surface area contributed by atoms with Crippen LogP contribution in [0.5, 0.6) is 5.75 Å². The Bertz CT molecular complexity index is 686. The van der Waals surface area contributed by atoms with Gasteiger partial charge in [-0.1, -0.05) is 89.4 Å². The van der Waals surface area contributed by atoms with Gasteiger partial charge in [0.05, 0.1) is 6.61 Å². The van der Waals surface area contributed by atoms with E-state index in [4.69, 9.17) is 4.74 Å². The van der Waals surface area contributed by atoms with Crippen molar-refractivity contribution in [1.82, 2.24) is 0 Å². The SMILES string of the molecule is CCCCC[C@H]1CC[C@H](CCC2CC=C(CCc3ccc(OCCC)c(F)c3)CC2)CC1. The van der Waals surface area contributed by atoms with Crippen molar-refractivity contribution in [2.75, 3.05) is 6.61 Å². The Labute approximate surface area is 197 Å². The third kappa shape index (κ3) is 8.56. The summed E-state index contributed by atoms with van der Waals surface area (Å²) in [6.45, 7) is 4.92. The van der Waals surface area contributed by atoms with E-state index in [-0.39, 0.29) is 5.82 Å². The van der Waals surface area contributed by atoms with Gasteiger partial charge in [0.25, 0.3) is 0 Å². The van der Waals surface area contributed by atoms with Gasteiger partial charge in [-0.25, -0.2) is 4.39 Å². The first-order valence-electron chi connectivity index (χ1n) is 13.8. The second kappa shape index (κ2) is 14.1. The van der Waals surface area contributed by atoms with E-state index in [1.807, 2.05) is 13.0 Å². The van der Waals surface area contributed by atoms with Crippen LogP contribution in [0.3, 0.4) is 0 Å². The van der Waals surface area contributed by atoms with Gasteiger partial charge in [0.15, 0.2) is 11.6 Å². The van der Waals surface area contributed by atoms with Crippen molar-refractivity contribution in [3.8, 4) is 5.75 Å². The molecule has 0 radical (unpaired) electrons. The van der Waals surface area contributed by atoms with E-state index in [1.165, 1.54) is 83.5 Å². The highest BCUT2D eigenvalue weighted by molar-refractivity contribution is 5.30. The molecular weight excluding hydrogens is 395 g/mol. The standard InChI is InChI=1S/C30H47FO/c1-3-5-6-7-24-8-10-25(11-9-24)12-13-26-14-16-27(17-15-26)18-19-28-20-21-30(29(31)23-28)32-22-4-2/h16,20-21,23-26H,3-15,17-19,22H2,1-2H3/t24-,25-,26?. The largest absolute Gasteiger partial charge is 0.491 e. The molecule has 0 aliphatic heterocycles. The van der Waals surface area contributed by atoms with Crippen molar-refractivity contribution >= 4 is 0 Å². The van der Waals surface area contributed by atoms with Crippen molar-refractivity contribution in [2.45, 2.75) is 117 Å². The number of allylic oxidation sites excluding steroid dienone is 2. The molecule has 180 valence electrons. The van der Waals surface area contributed by atoms with Crippen molar-refractivity contribution in [1.29, 1.82) is 0 Å². The highest BCUT2D eigenvalue weighted by Crippen LogP contribution is 2.37. The summed E-state index contributed by atoms with van der Waals surface area (Å²) in [5.74, 6) is 3.10. The maximum absolute atomic E-state index is 14.2. The minimum atomic E-state index is -0.219. The fourth-order valence-electron chi connectivity index (χ4n) is 5.73. The fourth-order valence-corrected chi connectivity index (χ4v) is 5.73. The quantitative estimate of drug-likeness (QED) is 0.218. The summed E-state index contributed by atoms with van der Waals surface area (Å²) in [4.78, 5) is 0. The molecule has 0 amide bonds. The zero-order valence-corrected chi connectivity index (χ0v) is 20.8. The molecule has 1 aromatic carbocycles. The lowest BCUT2D eigenvalue weighted by molar-refractivity contribution is 0.234. The zero-order chi connectivity index (χ0) is 22.6. The second-order valence-corrected chi connectivity index (χ2v) is 10.6. The van der Waals surface area contributed by atoms with Gasteiger partial charge in [-0.3, -0.25) is 0 Å². The van der Waals surface area contributed by atoms with E-state index in [0.717, 1.165) is 42.6 Å². The first kappa shape index (κ1) is 25.3. The topological polar surface area (TPSA) is 9.23 Å². The molecule has 0 bridgehead atoms. The highest BCUT2D eigenvalue weighted by atomic mass is 19.1. The van der Waals surface area contributed by atoms with Gasteiger partial charge in [-0.2, -0.15) is 0 Å². The Hall–Kier alpha value is -1.31. The lowest BCUT2D eigenvalue weighted by Gasteiger charge is -2.30. The Morgan fingerprint density at radius 1 is 0.844 bits per heavy atom. The zero-order valence-electron chi connectivity index (χ0n) is 20.8. The van der Waals surface area contributed by atoms with Crippen molar-refractivity contribution in [2.24, 2.45) is 17.8 Å². The predicted molar refractivity (Wildman–Crippen MR) is 135 cm³/mol. The van der Waals surface area contributed by atoms with E-state index in [1.54, 1.807) is 17.7 Å². The van der Waals surface area contributed by atoms with Crippen LogP contribution >= 0.6 is 0 Å². The number of aryl methyl sites for hydroxylation is 1. The molecule has 0 spiro atoms.